The Morgan fingerprint density at radius 1 is 1.19 bits per heavy atom. The van der Waals surface area contributed by atoms with Crippen LogP contribution in [0.25, 0.3) is 0 Å². The minimum Gasteiger partial charge on any atom is -0.432 e. The number of ether oxygens (including phenoxy) is 1. The average Bonchev–Trinajstić information content (AvgIpc) is 3.10. The summed E-state index contributed by atoms with van der Waals surface area (Å²) < 4.78 is 43.2. The number of nitrogen functional groups attached to an aromatic ring is 1. The SMILES string of the molecule is CC(C(N)=O)N(c1ccc(OC(F)F)c(F)c1)c1nc(N)c(C(=O)c2ccncc2)s1. The fourth-order valence-corrected chi connectivity index (χ4v) is 3.73. The lowest BCUT2D eigenvalue weighted by Gasteiger charge is -2.27. The van der Waals surface area contributed by atoms with Crippen molar-refractivity contribution < 1.29 is 27.5 Å². The van der Waals surface area contributed by atoms with Gasteiger partial charge in [0, 0.05) is 29.7 Å². The standard InChI is InChI=1S/C19H16F3N5O3S/c1-9(17(24)29)27(11-2-3-13(12(20)8-11)30-18(21)22)19-26-16(23)15(31-19)14(28)10-4-6-25-7-5-10/h2-9,18H,23H2,1H3,(H2,24,29). The van der Waals surface area contributed by atoms with E-state index in [0.29, 0.717) is 5.56 Å². The maximum atomic E-state index is 14.3. The van der Waals surface area contributed by atoms with Gasteiger partial charge in [0.1, 0.15) is 16.7 Å². The van der Waals surface area contributed by atoms with Crippen molar-refractivity contribution in [2.45, 2.75) is 19.6 Å². The zero-order valence-electron chi connectivity index (χ0n) is 16.0. The summed E-state index contributed by atoms with van der Waals surface area (Å²) in [5, 5.41) is 0.0862. The third-order valence-corrected chi connectivity index (χ3v) is 5.27. The molecular weight excluding hydrogens is 435 g/mol. The quantitative estimate of drug-likeness (QED) is 0.504. The molecule has 1 amide bonds. The second-order valence-corrected chi connectivity index (χ2v) is 7.19. The first kappa shape index (κ1) is 22.0. The number of alkyl halides is 2. The molecule has 162 valence electrons. The first-order chi connectivity index (χ1) is 14.7. The van der Waals surface area contributed by atoms with Crippen LogP contribution in [0.5, 0.6) is 5.75 Å². The molecule has 2 aromatic heterocycles. The summed E-state index contributed by atoms with van der Waals surface area (Å²) in [5.74, 6) is -3.04. The van der Waals surface area contributed by atoms with Crippen molar-refractivity contribution in [3.63, 3.8) is 0 Å². The largest absolute Gasteiger partial charge is 0.432 e. The van der Waals surface area contributed by atoms with Crippen LogP contribution in [-0.4, -0.2) is 34.3 Å². The maximum absolute atomic E-state index is 14.3. The lowest BCUT2D eigenvalue weighted by Crippen LogP contribution is -2.40. The number of nitrogens with two attached hydrogens (primary N) is 2. The van der Waals surface area contributed by atoms with Crippen molar-refractivity contribution in [2.75, 3.05) is 10.6 Å². The number of hydrogen-bond acceptors (Lipinski definition) is 8. The number of ketones is 1. The number of halogens is 3. The molecule has 3 aromatic rings. The Balaban J connectivity index is 2.04. The molecule has 0 aliphatic carbocycles. The fourth-order valence-electron chi connectivity index (χ4n) is 2.68. The van der Waals surface area contributed by atoms with Crippen LogP contribution >= 0.6 is 11.3 Å². The van der Waals surface area contributed by atoms with Crippen molar-refractivity contribution in [3.8, 4) is 5.75 Å². The molecule has 0 bridgehead atoms. The zero-order chi connectivity index (χ0) is 22.7. The highest BCUT2D eigenvalue weighted by Crippen LogP contribution is 2.37. The molecule has 0 fully saturated rings. The second kappa shape index (κ2) is 9.00. The summed E-state index contributed by atoms with van der Waals surface area (Å²) in [6.45, 7) is -1.77. The Hall–Kier alpha value is -3.67. The van der Waals surface area contributed by atoms with Gasteiger partial charge in [-0.1, -0.05) is 11.3 Å². The van der Waals surface area contributed by atoms with Crippen LogP contribution in [0, 0.1) is 5.82 Å². The average molecular weight is 451 g/mol. The number of carbonyl (C=O) groups excluding carboxylic acids is 2. The molecule has 0 saturated heterocycles. The van der Waals surface area contributed by atoms with Crippen LogP contribution in [-0.2, 0) is 4.79 Å². The lowest BCUT2D eigenvalue weighted by atomic mass is 10.1. The number of thiazole rings is 1. The zero-order valence-corrected chi connectivity index (χ0v) is 16.8. The van der Waals surface area contributed by atoms with Gasteiger partial charge in [-0.3, -0.25) is 14.6 Å². The van der Waals surface area contributed by atoms with Crippen molar-refractivity contribution in [1.29, 1.82) is 0 Å². The van der Waals surface area contributed by atoms with Gasteiger partial charge in [-0.25, -0.2) is 9.37 Å². The first-order valence-electron chi connectivity index (χ1n) is 8.73. The van der Waals surface area contributed by atoms with Crippen molar-refractivity contribution in [3.05, 3.63) is 59.0 Å². The number of carbonyl (C=O) groups is 2. The van der Waals surface area contributed by atoms with E-state index in [9.17, 15) is 22.8 Å². The van der Waals surface area contributed by atoms with E-state index in [4.69, 9.17) is 11.5 Å². The van der Waals surface area contributed by atoms with Crippen molar-refractivity contribution in [1.82, 2.24) is 9.97 Å². The summed E-state index contributed by atoms with van der Waals surface area (Å²) in [7, 11) is 0. The number of benzene rings is 1. The molecule has 0 aliphatic heterocycles. The monoisotopic (exact) mass is 451 g/mol. The first-order valence-corrected chi connectivity index (χ1v) is 9.54. The molecule has 8 nitrogen and oxygen atoms in total. The number of amides is 1. The predicted octanol–water partition coefficient (Wildman–Crippen LogP) is 3.10. The van der Waals surface area contributed by atoms with Gasteiger partial charge in [0.25, 0.3) is 0 Å². The minimum atomic E-state index is -3.21. The van der Waals surface area contributed by atoms with Crippen molar-refractivity contribution in [2.24, 2.45) is 5.73 Å². The summed E-state index contributed by atoms with van der Waals surface area (Å²) >= 11 is 0.870. The van der Waals surface area contributed by atoms with E-state index in [2.05, 4.69) is 14.7 Å². The third-order valence-electron chi connectivity index (χ3n) is 4.21. The van der Waals surface area contributed by atoms with Crippen LogP contribution < -0.4 is 21.1 Å². The molecule has 1 unspecified atom stereocenters. The Labute approximate surface area is 178 Å². The molecule has 0 radical (unpaired) electrons. The predicted molar refractivity (Wildman–Crippen MR) is 108 cm³/mol. The van der Waals surface area contributed by atoms with E-state index in [1.165, 1.54) is 42.4 Å². The van der Waals surface area contributed by atoms with Gasteiger partial charge in [-0.05, 0) is 31.2 Å². The Bertz CT molecular complexity index is 1110. The van der Waals surface area contributed by atoms with Crippen LogP contribution in [0.4, 0.5) is 29.8 Å². The molecule has 2 heterocycles. The molecule has 0 saturated carbocycles. The van der Waals surface area contributed by atoms with Gasteiger partial charge >= 0.3 is 6.61 Å². The Morgan fingerprint density at radius 3 is 2.45 bits per heavy atom. The van der Waals surface area contributed by atoms with E-state index in [-0.39, 0.29) is 21.5 Å². The molecule has 1 aromatic carbocycles. The van der Waals surface area contributed by atoms with Crippen LogP contribution in [0.3, 0.4) is 0 Å². The summed E-state index contributed by atoms with van der Waals surface area (Å²) in [6, 6.07) is 5.10. The van der Waals surface area contributed by atoms with Crippen LogP contribution in [0.2, 0.25) is 0 Å². The second-order valence-electron chi connectivity index (χ2n) is 6.22. The number of rotatable bonds is 8. The number of aromatic nitrogens is 2. The maximum Gasteiger partial charge on any atom is 0.387 e. The van der Waals surface area contributed by atoms with Gasteiger partial charge in [0.05, 0.1) is 0 Å². The normalized spacial score (nSPS) is 11.9. The molecule has 4 N–H and O–H groups in total. The smallest absolute Gasteiger partial charge is 0.387 e. The highest BCUT2D eigenvalue weighted by Gasteiger charge is 2.28. The summed E-state index contributed by atoms with van der Waals surface area (Å²) in [5.41, 5.74) is 11.7. The van der Waals surface area contributed by atoms with E-state index in [1.54, 1.807) is 0 Å². The molecule has 0 aliphatic rings. The van der Waals surface area contributed by atoms with Crippen LogP contribution in [0.15, 0.2) is 42.7 Å². The third kappa shape index (κ3) is 4.74. The van der Waals surface area contributed by atoms with Gasteiger partial charge in [-0.15, -0.1) is 0 Å². The number of primary amides is 1. The topological polar surface area (TPSA) is 124 Å². The van der Waals surface area contributed by atoms with Gasteiger partial charge in [0.2, 0.25) is 11.7 Å². The van der Waals surface area contributed by atoms with Crippen LogP contribution in [0.1, 0.15) is 22.2 Å². The van der Waals surface area contributed by atoms with E-state index in [0.717, 1.165) is 23.5 Å². The number of pyridine rings is 1. The van der Waals surface area contributed by atoms with E-state index < -0.39 is 35.9 Å². The van der Waals surface area contributed by atoms with E-state index in [1.807, 2.05) is 0 Å². The fraction of sp³-hybridized carbons (Fsp3) is 0.158. The van der Waals surface area contributed by atoms with Crippen molar-refractivity contribution >= 4 is 39.7 Å². The molecule has 12 heteroatoms. The molecular formula is C19H16F3N5O3S. The Morgan fingerprint density at radius 2 is 1.87 bits per heavy atom. The lowest BCUT2D eigenvalue weighted by molar-refractivity contribution is -0.118. The minimum absolute atomic E-state index is 0.0714. The molecule has 31 heavy (non-hydrogen) atoms. The number of anilines is 3. The highest BCUT2D eigenvalue weighted by molar-refractivity contribution is 7.18. The summed E-state index contributed by atoms with van der Waals surface area (Å²) in [6.07, 6.45) is 2.89. The Kier molecular flexibility index (Phi) is 6.39. The van der Waals surface area contributed by atoms with Gasteiger partial charge in [-0.2, -0.15) is 8.78 Å². The summed E-state index contributed by atoms with van der Waals surface area (Å²) in [4.78, 5) is 34.0. The highest BCUT2D eigenvalue weighted by atomic mass is 32.1. The number of nitrogens with zero attached hydrogens (tertiary/aromatic N) is 3. The number of hydrogen-bond donors (Lipinski definition) is 2. The molecule has 0 spiro atoms. The van der Waals surface area contributed by atoms with Gasteiger partial charge < -0.3 is 21.1 Å². The van der Waals surface area contributed by atoms with Gasteiger partial charge in [0.15, 0.2) is 16.7 Å². The molecule has 1 atom stereocenters. The molecule has 3 rings (SSSR count). The van der Waals surface area contributed by atoms with E-state index >= 15 is 0 Å².